The van der Waals surface area contributed by atoms with Crippen LogP contribution in [0.15, 0.2) is 48.7 Å². The maximum atomic E-state index is 12.3. The van der Waals surface area contributed by atoms with E-state index in [9.17, 15) is 18.0 Å². The first-order chi connectivity index (χ1) is 13.2. The third kappa shape index (κ3) is 5.12. The van der Waals surface area contributed by atoms with E-state index in [2.05, 4.69) is 26.6 Å². The number of hydrogen-bond donors (Lipinski definition) is 1. The minimum absolute atomic E-state index is 0.233. The lowest BCUT2D eigenvalue weighted by atomic mass is 10.3. The van der Waals surface area contributed by atoms with E-state index in [-0.39, 0.29) is 6.61 Å². The zero-order chi connectivity index (χ0) is 20.9. The molecule has 0 aliphatic rings. The number of carbonyl (C=O) groups is 1. The second kappa shape index (κ2) is 8.59. The summed E-state index contributed by atoms with van der Waals surface area (Å²) in [5.74, 6) is -0.565. The molecular formula is C18H19F3N4O3. The fraction of sp³-hybridized carbons (Fsp3) is 0.278. The van der Waals surface area contributed by atoms with Crippen LogP contribution in [-0.4, -0.2) is 33.5 Å². The standard InChI is InChI=1S/C18H19F3N4O3/c1-5-12(28-18(19,20)21)8-7-11(3)24-15-13-9-14(17(26)27-6-2)25(4)16(13)23-10-22-15/h5,7-10H,1,6H2,2-4H3,(H,22,23,24)/b11-7+,12-8+. The Kier molecular flexibility index (Phi) is 6.45. The van der Waals surface area contributed by atoms with Gasteiger partial charge in [0.15, 0.2) is 0 Å². The highest BCUT2D eigenvalue weighted by atomic mass is 19.4. The van der Waals surface area contributed by atoms with Gasteiger partial charge in [-0.05, 0) is 38.1 Å². The number of halogens is 3. The fourth-order valence-electron chi connectivity index (χ4n) is 2.35. The Balaban J connectivity index is 2.32. The molecule has 2 aromatic heterocycles. The molecule has 0 bridgehead atoms. The summed E-state index contributed by atoms with van der Waals surface area (Å²) in [5, 5.41) is 3.52. The van der Waals surface area contributed by atoms with Crippen molar-refractivity contribution in [2.75, 3.05) is 11.9 Å². The number of carbonyl (C=O) groups excluding carboxylic acids is 1. The van der Waals surface area contributed by atoms with Crippen LogP contribution < -0.4 is 5.32 Å². The molecule has 28 heavy (non-hydrogen) atoms. The minimum atomic E-state index is -4.80. The summed E-state index contributed by atoms with van der Waals surface area (Å²) >= 11 is 0. The van der Waals surface area contributed by atoms with Gasteiger partial charge in [-0.3, -0.25) is 0 Å². The maximum Gasteiger partial charge on any atom is 0.573 e. The van der Waals surface area contributed by atoms with Crippen LogP contribution in [0.1, 0.15) is 24.3 Å². The van der Waals surface area contributed by atoms with Gasteiger partial charge in [0.05, 0.1) is 12.0 Å². The molecule has 0 aliphatic carbocycles. The Morgan fingerprint density at radius 1 is 1.36 bits per heavy atom. The number of aryl methyl sites for hydroxylation is 1. The van der Waals surface area contributed by atoms with Gasteiger partial charge >= 0.3 is 12.3 Å². The van der Waals surface area contributed by atoms with Crippen LogP contribution in [-0.2, 0) is 16.5 Å². The lowest BCUT2D eigenvalue weighted by molar-refractivity contribution is -0.303. The number of hydrogen-bond acceptors (Lipinski definition) is 6. The molecule has 1 N–H and O–H groups in total. The molecule has 0 aromatic carbocycles. The molecule has 0 spiro atoms. The molecular weight excluding hydrogens is 377 g/mol. The molecule has 0 unspecified atom stereocenters. The van der Waals surface area contributed by atoms with Gasteiger partial charge < -0.3 is 19.4 Å². The molecule has 10 heteroatoms. The lowest BCUT2D eigenvalue weighted by Crippen LogP contribution is -2.11. The molecule has 150 valence electrons. The third-order valence-corrected chi connectivity index (χ3v) is 3.56. The molecule has 2 heterocycles. The van der Waals surface area contributed by atoms with Crippen LogP contribution in [0.25, 0.3) is 11.0 Å². The van der Waals surface area contributed by atoms with Crippen LogP contribution in [0.5, 0.6) is 0 Å². The van der Waals surface area contributed by atoms with Crippen molar-refractivity contribution in [3.63, 3.8) is 0 Å². The fourth-order valence-corrected chi connectivity index (χ4v) is 2.35. The molecule has 0 fully saturated rings. The highest BCUT2D eigenvalue weighted by Crippen LogP contribution is 2.25. The number of alkyl halides is 3. The van der Waals surface area contributed by atoms with Crippen molar-refractivity contribution in [2.45, 2.75) is 20.2 Å². The molecule has 0 saturated heterocycles. The molecule has 0 atom stereocenters. The van der Waals surface area contributed by atoms with E-state index >= 15 is 0 Å². The number of nitrogens with zero attached hydrogens (tertiary/aromatic N) is 3. The largest absolute Gasteiger partial charge is 0.573 e. The van der Waals surface area contributed by atoms with Crippen molar-refractivity contribution in [3.05, 3.63) is 54.4 Å². The maximum absolute atomic E-state index is 12.3. The van der Waals surface area contributed by atoms with Gasteiger partial charge in [-0.1, -0.05) is 6.58 Å². The Bertz CT molecular complexity index is 945. The number of nitrogens with one attached hydrogen (secondary N) is 1. The van der Waals surface area contributed by atoms with Crippen LogP contribution in [0.3, 0.4) is 0 Å². The molecule has 0 saturated carbocycles. The number of aromatic nitrogens is 3. The lowest BCUT2D eigenvalue weighted by Gasteiger charge is -2.09. The van der Waals surface area contributed by atoms with E-state index in [0.717, 1.165) is 12.2 Å². The first kappa shape index (κ1) is 21.0. The van der Waals surface area contributed by atoms with E-state index in [1.165, 1.54) is 12.4 Å². The zero-order valence-electron chi connectivity index (χ0n) is 15.5. The van der Waals surface area contributed by atoms with E-state index in [1.807, 2.05) is 0 Å². The molecule has 0 radical (unpaired) electrons. The summed E-state index contributed by atoms with van der Waals surface area (Å²) in [4.78, 5) is 20.3. The number of allylic oxidation sites excluding steroid dienone is 4. The highest BCUT2D eigenvalue weighted by molar-refractivity contribution is 5.98. The van der Waals surface area contributed by atoms with E-state index in [0.29, 0.717) is 28.2 Å². The van der Waals surface area contributed by atoms with E-state index in [1.54, 1.807) is 31.5 Å². The second-order valence-electron chi connectivity index (χ2n) is 5.56. The van der Waals surface area contributed by atoms with Gasteiger partial charge in [-0.25, -0.2) is 14.8 Å². The van der Waals surface area contributed by atoms with Gasteiger partial charge in [-0.15, -0.1) is 13.2 Å². The topological polar surface area (TPSA) is 78.3 Å². The summed E-state index contributed by atoms with van der Waals surface area (Å²) in [7, 11) is 1.67. The van der Waals surface area contributed by atoms with Crippen LogP contribution in [0, 0.1) is 0 Å². The quantitative estimate of drug-likeness (QED) is 0.432. The number of ether oxygens (including phenoxy) is 2. The molecule has 0 aliphatic heterocycles. The smallest absolute Gasteiger partial charge is 0.461 e. The normalized spacial score (nSPS) is 12.8. The van der Waals surface area contributed by atoms with Crippen molar-refractivity contribution in [2.24, 2.45) is 7.05 Å². The Labute approximate surface area is 159 Å². The SMILES string of the molecule is C=C/C(=C\C=C(/C)Nc1ncnc2c1cc(C(=O)OCC)n2C)OC(F)(F)F. The number of anilines is 1. The number of fused-ring (bicyclic) bond motifs is 1. The third-order valence-electron chi connectivity index (χ3n) is 3.56. The van der Waals surface area contributed by atoms with Gasteiger partial charge in [0.1, 0.15) is 29.2 Å². The van der Waals surface area contributed by atoms with Crippen molar-refractivity contribution in [1.82, 2.24) is 14.5 Å². The molecule has 7 nitrogen and oxygen atoms in total. The summed E-state index contributed by atoms with van der Waals surface area (Å²) in [6.07, 6.45) is -0.0443. The van der Waals surface area contributed by atoms with Crippen LogP contribution >= 0.6 is 0 Å². The predicted molar refractivity (Wildman–Crippen MR) is 97.3 cm³/mol. The minimum Gasteiger partial charge on any atom is -0.461 e. The Morgan fingerprint density at radius 2 is 2.07 bits per heavy atom. The van der Waals surface area contributed by atoms with E-state index < -0.39 is 18.1 Å². The van der Waals surface area contributed by atoms with Gasteiger partial charge in [0.25, 0.3) is 0 Å². The van der Waals surface area contributed by atoms with Gasteiger partial charge in [-0.2, -0.15) is 0 Å². The predicted octanol–water partition coefficient (Wildman–Crippen LogP) is 4.07. The monoisotopic (exact) mass is 396 g/mol. The molecule has 0 amide bonds. The van der Waals surface area contributed by atoms with Crippen molar-refractivity contribution in [3.8, 4) is 0 Å². The van der Waals surface area contributed by atoms with Crippen LogP contribution in [0.4, 0.5) is 19.0 Å². The zero-order valence-corrected chi connectivity index (χ0v) is 15.5. The Hall–Kier alpha value is -3.30. The number of rotatable bonds is 7. The first-order valence-corrected chi connectivity index (χ1v) is 8.17. The van der Waals surface area contributed by atoms with Crippen LogP contribution in [0.2, 0.25) is 0 Å². The molecule has 2 aromatic rings. The number of esters is 1. The van der Waals surface area contributed by atoms with Gasteiger partial charge in [0.2, 0.25) is 0 Å². The van der Waals surface area contributed by atoms with Crippen molar-refractivity contribution < 1.29 is 27.4 Å². The van der Waals surface area contributed by atoms with Crippen molar-refractivity contribution in [1.29, 1.82) is 0 Å². The highest BCUT2D eigenvalue weighted by Gasteiger charge is 2.31. The van der Waals surface area contributed by atoms with E-state index in [4.69, 9.17) is 4.74 Å². The molecule has 2 rings (SSSR count). The summed E-state index contributed by atoms with van der Waals surface area (Å²) < 4.78 is 47.3. The summed E-state index contributed by atoms with van der Waals surface area (Å²) in [6, 6.07) is 1.58. The average molecular weight is 396 g/mol. The van der Waals surface area contributed by atoms with Crippen molar-refractivity contribution >= 4 is 22.8 Å². The second-order valence-corrected chi connectivity index (χ2v) is 5.56. The first-order valence-electron chi connectivity index (χ1n) is 8.17. The summed E-state index contributed by atoms with van der Waals surface area (Å²) in [6.45, 7) is 6.85. The summed E-state index contributed by atoms with van der Waals surface area (Å²) in [5.41, 5.74) is 1.28. The van der Waals surface area contributed by atoms with Gasteiger partial charge in [0, 0.05) is 12.7 Å². The average Bonchev–Trinajstić information content (AvgIpc) is 2.96. The Morgan fingerprint density at radius 3 is 2.68 bits per heavy atom.